The van der Waals surface area contributed by atoms with Crippen LogP contribution < -0.4 is 4.72 Å². The van der Waals surface area contributed by atoms with Crippen LogP contribution in [-0.4, -0.2) is 48.2 Å². The number of benzene rings is 1. The van der Waals surface area contributed by atoms with Crippen molar-refractivity contribution >= 4 is 26.6 Å². The van der Waals surface area contributed by atoms with E-state index in [2.05, 4.69) is 37.3 Å². The van der Waals surface area contributed by atoms with Gasteiger partial charge in [0.2, 0.25) is 10.0 Å². The second-order valence-corrected chi connectivity index (χ2v) is 11.0. The van der Waals surface area contributed by atoms with Gasteiger partial charge < -0.3 is 9.09 Å². The van der Waals surface area contributed by atoms with Crippen LogP contribution in [0.25, 0.3) is 16.6 Å². The molecule has 3 aliphatic rings. The molecule has 2 atom stereocenters. The highest BCUT2D eigenvalue weighted by molar-refractivity contribution is 7.89. The molecule has 168 valence electrons. The summed E-state index contributed by atoms with van der Waals surface area (Å²) in [6, 6.07) is 5.75. The molecular formula is C23H27N5O3S. The van der Waals surface area contributed by atoms with Crippen LogP contribution in [0.1, 0.15) is 55.2 Å². The Bertz CT molecular complexity index is 1390. The van der Waals surface area contributed by atoms with Crippen molar-refractivity contribution in [2.45, 2.75) is 50.5 Å². The number of nitrogens with zero attached hydrogens (tertiary/aromatic N) is 4. The van der Waals surface area contributed by atoms with Gasteiger partial charge in [-0.2, -0.15) is 4.98 Å². The molecule has 1 fully saturated rings. The second-order valence-electron chi connectivity index (χ2n) is 9.11. The van der Waals surface area contributed by atoms with Gasteiger partial charge in [-0.3, -0.25) is 4.90 Å². The Labute approximate surface area is 187 Å². The van der Waals surface area contributed by atoms with Gasteiger partial charge in [0.1, 0.15) is 5.70 Å². The van der Waals surface area contributed by atoms with Gasteiger partial charge in [0, 0.05) is 23.0 Å². The summed E-state index contributed by atoms with van der Waals surface area (Å²) in [5.41, 5.74) is 4.04. The Kier molecular flexibility index (Phi) is 4.25. The maximum absolute atomic E-state index is 13.0. The predicted octanol–water partition coefficient (Wildman–Crippen LogP) is 3.23. The van der Waals surface area contributed by atoms with Crippen LogP contribution in [-0.2, 0) is 16.4 Å². The molecule has 32 heavy (non-hydrogen) atoms. The summed E-state index contributed by atoms with van der Waals surface area (Å²) < 4.78 is 36.3. The van der Waals surface area contributed by atoms with E-state index in [-0.39, 0.29) is 11.5 Å². The molecule has 0 aliphatic carbocycles. The molecule has 5 heterocycles. The fraction of sp³-hybridized carbons (Fsp3) is 0.478. The van der Waals surface area contributed by atoms with E-state index in [1.54, 1.807) is 6.07 Å². The largest absolute Gasteiger partial charge is 0.332 e. The molecule has 0 bridgehead atoms. The lowest BCUT2D eigenvalue weighted by Crippen LogP contribution is -2.50. The predicted molar refractivity (Wildman–Crippen MR) is 121 cm³/mol. The first-order valence-electron chi connectivity index (χ1n) is 11.3. The van der Waals surface area contributed by atoms with Crippen LogP contribution in [0.4, 0.5) is 0 Å². The molecule has 0 saturated carbocycles. The van der Waals surface area contributed by atoms with Crippen molar-refractivity contribution in [2.75, 3.05) is 20.1 Å². The molecule has 0 amide bonds. The Hall–Kier alpha value is -2.49. The first-order valence-corrected chi connectivity index (χ1v) is 12.8. The Morgan fingerprint density at radius 1 is 1.31 bits per heavy atom. The Morgan fingerprint density at radius 3 is 2.88 bits per heavy atom. The van der Waals surface area contributed by atoms with Gasteiger partial charge in [-0.05, 0) is 70.0 Å². The molecule has 8 nitrogen and oxygen atoms in total. The number of nitrogens with one attached hydrogen (secondary N) is 1. The summed E-state index contributed by atoms with van der Waals surface area (Å²) >= 11 is 0. The summed E-state index contributed by atoms with van der Waals surface area (Å²) in [7, 11) is -2.15. The number of rotatable bonds is 4. The average Bonchev–Trinajstić information content (AvgIpc) is 3.39. The fourth-order valence-electron chi connectivity index (χ4n) is 6.24. The van der Waals surface area contributed by atoms with E-state index in [0.29, 0.717) is 16.6 Å². The van der Waals surface area contributed by atoms with Crippen molar-refractivity contribution in [3.05, 3.63) is 47.2 Å². The number of fused-ring (bicyclic) bond motifs is 3. The summed E-state index contributed by atoms with van der Waals surface area (Å²) in [4.78, 5) is 7.49. The summed E-state index contributed by atoms with van der Waals surface area (Å²) in [5, 5.41) is 4.86. The highest BCUT2D eigenvalue weighted by Crippen LogP contribution is 2.58. The minimum absolute atomic E-state index is 0.0441. The maximum atomic E-state index is 13.0. The average molecular weight is 454 g/mol. The molecule has 1 aromatic carbocycles. The van der Waals surface area contributed by atoms with Crippen molar-refractivity contribution in [2.24, 2.45) is 5.41 Å². The number of hydrogen-bond donors (Lipinski definition) is 1. The monoisotopic (exact) mass is 453 g/mol. The third-order valence-electron chi connectivity index (χ3n) is 7.63. The van der Waals surface area contributed by atoms with Crippen LogP contribution in [0.5, 0.6) is 0 Å². The zero-order valence-corrected chi connectivity index (χ0v) is 19.4. The molecule has 0 unspecified atom stereocenters. The smallest absolute Gasteiger partial charge is 0.274 e. The van der Waals surface area contributed by atoms with E-state index in [1.807, 2.05) is 19.1 Å². The number of piperidine rings is 1. The lowest BCUT2D eigenvalue weighted by molar-refractivity contribution is 0.0269. The molecule has 1 saturated heterocycles. The number of aryl methyl sites for hydroxylation is 1. The van der Waals surface area contributed by atoms with Gasteiger partial charge in [-0.15, -0.1) is 0 Å². The fourth-order valence-corrected chi connectivity index (χ4v) is 7.21. The summed E-state index contributed by atoms with van der Waals surface area (Å²) in [5.74, 6) is 1.07. The van der Waals surface area contributed by atoms with Crippen LogP contribution in [0.2, 0.25) is 0 Å². The minimum atomic E-state index is -3.62. The zero-order chi connectivity index (χ0) is 22.3. The van der Waals surface area contributed by atoms with Crippen molar-refractivity contribution in [1.82, 2.24) is 24.3 Å². The normalized spacial score (nSPS) is 25.1. The van der Waals surface area contributed by atoms with Crippen molar-refractivity contribution in [3.63, 3.8) is 0 Å². The Balaban J connectivity index is 1.76. The SMILES string of the molecule is CC[C@@]12C=C(c3nc(C)no3)n3c4c(c5c(S(=O)(=O)NC)cccc53)CCN(CCC1)[C@H]42. The van der Waals surface area contributed by atoms with Gasteiger partial charge in [0.15, 0.2) is 5.82 Å². The van der Waals surface area contributed by atoms with Crippen LogP contribution in [0.3, 0.4) is 0 Å². The molecule has 9 heteroatoms. The Morgan fingerprint density at radius 2 is 2.16 bits per heavy atom. The van der Waals surface area contributed by atoms with Crippen molar-refractivity contribution in [1.29, 1.82) is 0 Å². The third kappa shape index (κ3) is 2.52. The first-order chi connectivity index (χ1) is 15.4. The highest BCUT2D eigenvalue weighted by atomic mass is 32.2. The van der Waals surface area contributed by atoms with Gasteiger partial charge in [0.25, 0.3) is 5.89 Å². The molecule has 0 radical (unpaired) electrons. The van der Waals surface area contributed by atoms with Gasteiger partial charge in [0.05, 0.1) is 16.5 Å². The van der Waals surface area contributed by atoms with E-state index < -0.39 is 10.0 Å². The minimum Gasteiger partial charge on any atom is -0.332 e. The van der Waals surface area contributed by atoms with Crippen molar-refractivity contribution < 1.29 is 12.9 Å². The molecule has 6 rings (SSSR count). The standard InChI is InChI=1S/C23H27N5O3S/c1-4-23-10-6-11-27-12-9-15-19-16(7-5-8-18(19)32(29,30)24-3)28(20(15)21(23)27)17(13-23)22-25-14(2)26-31-22/h5,7-8,13,21,24H,4,6,9-12H2,1-3H3/t21-,23+/m1/s1. The highest BCUT2D eigenvalue weighted by Gasteiger charge is 2.51. The van der Waals surface area contributed by atoms with Crippen LogP contribution in [0, 0.1) is 12.3 Å². The topological polar surface area (TPSA) is 93.3 Å². The van der Waals surface area contributed by atoms with E-state index in [9.17, 15) is 8.42 Å². The lowest BCUT2D eigenvalue weighted by atomic mass is 9.66. The van der Waals surface area contributed by atoms with E-state index in [0.717, 1.165) is 60.9 Å². The third-order valence-corrected chi connectivity index (χ3v) is 9.09. The van der Waals surface area contributed by atoms with E-state index in [1.165, 1.54) is 12.7 Å². The van der Waals surface area contributed by atoms with Gasteiger partial charge in [-0.25, -0.2) is 13.1 Å². The summed E-state index contributed by atoms with van der Waals surface area (Å²) in [6.07, 6.45) is 6.38. The zero-order valence-electron chi connectivity index (χ0n) is 18.6. The summed E-state index contributed by atoms with van der Waals surface area (Å²) in [6.45, 7) is 6.07. The molecule has 3 aliphatic heterocycles. The number of aromatic nitrogens is 3. The van der Waals surface area contributed by atoms with Crippen LogP contribution in [0.15, 0.2) is 33.7 Å². The first kappa shape index (κ1) is 20.1. The van der Waals surface area contributed by atoms with E-state index >= 15 is 0 Å². The second kappa shape index (κ2) is 6.76. The number of hydrogen-bond acceptors (Lipinski definition) is 6. The van der Waals surface area contributed by atoms with Crippen molar-refractivity contribution in [3.8, 4) is 0 Å². The van der Waals surface area contributed by atoms with E-state index in [4.69, 9.17) is 4.52 Å². The number of sulfonamides is 1. The van der Waals surface area contributed by atoms with Crippen LogP contribution >= 0.6 is 0 Å². The quantitative estimate of drug-likeness (QED) is 0.652. The molecular weight excluding hydrogens is 426 g/mol. The lowest BCUT2D eigenvalue weighted by Gasteiger charge is -2.53. The van der Waals surface area contributed by atoms with Gasteiger partial charge >= 0.3 is 0 Å². The van der Waals surface area contributed by atoms with Gasteiger partial charge in [-0.1, -0.05) is 18.1 Å². The molecule has 3 aromatic rings. The molecule has 0 spiro atoms. The maximum Gasteiger partial charge on any atom is 0.274 e. The molecule has 1 N–H and O–H groups in total. The molecule has 2 aromatic heterocycles.